The molecule has 1 N–H and O–H groups in total. The molecule has 0 bridgehead atoms. The monoisotopic (exact) mass is 340 g/mol. The molecule has 0 saturated carbocycles. The van der Waals surface area contributed by atoms with E-state index < -0.39 is 0 Å². The van der Waals surface area contributed by atoms with Gasteiger partial charge in [0.25, 0.3) is 5.91 Å². The summed E-state index contributed by atoms with van der Waals surface area (Å²) in [5.41, 5.74) is 5.10. The van der Waals surface area contributed by atoms with E-state index in [1.807, 2.05) is 31.2 Å². The van der Waals surface area contributed by atoms with Crippen molar-refractivity contribution in [1.29, 1.82) is 0 Å². The van der Waals surface area contributed by atoms with Crippen LogP contribution in [0.2, 0.25) is 0 Å². The number of carbonyl (C=O) groups excluding carboxylic acids is 1. The van der Waals surface area contributed by atoms with Gasteiger partial charge in [0.1, 0.15) is 0 Å². The second kappa shape index (κ2) is 8.87. The van der Waals surface area contributed by atoms with Crippen molar-refractivity contribution >= 4 is 12.1 Å². The molecule has 25 heavy (non-hydrogen) atoms. The fraction of sp³-hybridized carbons (Fsp3) is 0.300. The molecular weight excluding hydrogens is 316 g/mol. The molecule has 132 valence electrons. The van der Waals surface area contributed by atoms with Crippen molar-refractivity contribution < 1.29 is 14.3 Å². The molecule has 2 rings (SSSR count). The van der Waals surface area contributed by atoms with E-state index in [9.17, 15) is 4.79 Å². The molecule has 0 heterocycles. The normalized spacial score (nSPS) is 10.9. The zero-order valence-electron chi connectivity index (χ0n) is 15.1. The van der Waals surface area contributed by atoms with Gasteiger partial charge in [0.05, 0.1) is 19.9 Å². The van der Waals surface area contributed by atoms with Gasteiger partial charge in [-0.3, -0.25) is 4.79 Å². The van der Waals surface area contributed by atoms with Gasteiger partial charge in [-0.15, -0.1) is 0 Å². The fourth-order valence-electron chi connectivity index (χ4n) is 2.29. The zero-order valence-corrected chi connectivity index (χ0v) is 15.1. The molecule has 0 saturated heterocycles. The van der Waals surface area contributed by atoms with Crippen molar-refractivity contribution in [2.75, 3.05) is 13.7 Å². The molecule has 5 nitrogen and oxygen atoms in total. The average molecular weight is 340 g/mol. The maximum atomic E-state index is 12.1. The molecule has 0 atom stereocenters. The molecule has 0 aliphatic rings. The van der Waals surface area contributed by atoms with Crippen LogP contribution in [0, 0.1) is 0 Å². The first-order valence-corrected chi connectivity index (χ1v) is 8.29. The van der Waals surface area contributed by atoms with Gasteiger partial charge in [0.15, 0.2) is 11.5 Å². The lowest BCUT2D eigenvalue weighted by molar-refractivity contribution is 0.0955. The number of hydrogen-bond donors (Lipinski definition) is 1. The van der Waals surface area contributed by atoms with Crippen LogP contribution in [0.15, 0.2) is 47.6 Å². The molecule has 5 heteroatoms. The summed E-state index contributed by atoms with van der Waals surface area (Å²) in [6.45, 7) is 6.71. The van der Waals surface area contributed by atoms with Crippen LogP contribution in [0.5, 0.6) is 11.5 Å². The summed E-state index contributed by atoms with van der Waals surface area (Å²) >= 11 is 0. The van der Waals surface area contributed by atoms with E-state index in [1.54, 1.807) is 31.5 Å². The van der Waals surface area contributed by atoms with E-state index in [4.69, 9.17) is 9.47 Å². The van der Waals surface area contributed by atoms with Crippen molar-refractivity contribution in [2.45, 2.75) is 26.7 Å². The van der Waals surface area contributed by atoms with E-state index in [0.29, 0.717) is 29.6 Å². The minimum absolute atomic E-state index is 0.246. The Morgan fingerprint density at radius 1 is 1.16 bits per heavy atom. The first-order chi connectivity index (χ1) is 12.0. The number of carbonyl (C=O) groups is 1. The standard InChI is InChI=1S/C20H24N2O3/c1-5-25-18-11-6-15(12-19(18)24-4)13-21-22-20(23)17-9-7-16(8-10-17)14(2)3/h6-14H,5H2,1-4H3,(H,22,23). The van der Waals surface area contributed by atoms with Crippen LogP contribution < -0.4 is 14.9 Å². The number of hydrazone groups is 1. The summed E-state index contributed by atoms with van der Waals surface area (Å²) in [5.74, 6) is 1.49. The molecule has 2 aromatic carbocycles. The van der Waals surface area contributed by atoms with E-state index in [1.165, 1.54) is 5.56 Å². The van der Waals surface area contributed by atoms with Gasteiger partial charge in [-0.25, -0.2) is 5.43 Å². The van der Waals surface area contributed by atoms with Crippen LogP contribution >= 0.6 is 0 Å². The molecule has 0 fully saturated rings. The lowest BCUT2D eigenvalue weighted by Crippen LogP contribution is -2.17. The third-order valence-corrected chi connectivity index (χ3v) is 3.71. The lowest BCUT2D eigenvalue weighted by atomic mass is 10.0. The Hall–Kier alpha value is -2.82. The molecule has 0 unspecified atom stereocenters. The second-order valence-electron chi connectivity index (χ2n) is 5.82. The third kappa shape index (κ3) is 5.08. The number of methoxy groups -OCH3 is 1. The molecule has 0 aromatic heterocycles. The number of nitrogens with one attached hydrogen (secondary N) is 1. The predicted molar refractivity (Wildman–Crippen MR) is 99.8 cm³/mol. The molecule has 0 spiro atoms. The Labute approximate surface area is 148 Å². The van der Waals surface area contributed by atoms with E-state index >= 15 is 0 Å². The summed E-state index contributed by atoms with van der Waals surface area (Å²) in [4.78, 5) is 12.1. The molecule has 0 radical (unpaired) electrons. The number of hydrogen-bond acceptors (Lipinski definition) is 4. The van der Waals surface area contributed by atoms with E-state index in [-0.39, 0.29) is 5.91 Å². The maximum Gasteiger partial charge on any atom is 0.271 e. The number of ether oxygens (including phenoxy) is 2. The van der Waals surface area contributed by atoms with Gasteiger partial charge in [-0.2, -0.15) is 5.10 Å². The van der Waals surface area contributed by atoms with Gasteiger partial charge >= 0.3 is 0 Å². The van der Waals surface area contributed by atoms with Gasteiger partial charge in [-0.05, 0) is 54.3 Å². The molecule has 2 aromatic rings. The van der Waals surface area contributed by atoms with Crippen LogP contribution in [-0.2, 0) is 0 Å². The Balaban J connectivity index is 2.01. The summed E-state index contributed by atoms with van der Waals surface area (Å²) < 4.78 is 10.8. The van der Waals surface area contributed by atoms with Gasteiger partial charge in [0.2, 0.25) is 0 Å². The largest absolute Gasteiger partial charge is 0.493 e. The van der Waals surface area contributed by atoms with Crippen molar-refractivity contribution in [2.24, 2.45) is 5.10 Å². The minimum atomic E-state index is -0.246. The average Bonchev–Trinajstić information content (AvgIpc) is 2.63. The fourth-order valence-corrected chi connectivity index (χ4v) is 2.29. The molecular formula is C20H24N2O3. The van der Waals surface area contributed by atoms with Gasteiger partial charge in [0, 0.05) is 5.56 Å². The van der Waals surface area contributed by atoms with Gasteiger partial charge < -0.3 is 9.47 Å². The Kier molecular flexibility index (Phi) is 6.57. The lowest BCUT2D eigenvalue weighted by Gasteiger charge is -2.09. The van der Waals surface area contributed by atoms with E-state index in [0.717, 1.165) is 5.56 Å². The number of rotatable bonds is 7. The van der Waals surface area contributed by atoms with Crippen molar-refractivity contribution in [3.05, 3.63) is 59.2 Å². The topological polar surface area (TPSA) is 59.9 Å². The third-order valence-electron chi connectivity index (χ3n) is 3.71. The van der Waals surface area contributed by atoms with Crippen molar-refractivity contribution in [3.8, 4) is 11.5 Å². The molecule has 0 aliphatic heterocycles. The summed E-state index contributed by atoms with van der Waals surface area (Å²) in [6.07, 6.45) is 1.57. The number of nitrogens with zero attached hydrogens (tertiary/aromatic N) is 1. The Bertz CT molecular complexity index is 737. The van der Waals surface area contributed by atoms with Crippen molar-refractivity contribution in [3.63, 3.8) is 0 Å². The quantitative estimate of drug-likeness (QED) is 0.612. The number of amides is 1. The van der Waals surface area contributed by atoms with E-state index in [2.05, 4.69) is 24.4 Å². The van der Waals surface area contributed by atoms with Crippen LogP contribution in [0.1, 0.15) is 48.2 Å². The summed E-state index contributed by atoms with van der Waals surface area (Å²) in [5, 5.41) is 4.01. The van der Waals surface area contributed by atoms with Crippen molar-refractivity contribution in [1.82, 2.24) is 5.43 Å². The van der Waals surface area contributed by atoms with Crippen LogP contribution in [0.25, 0.3) is 0 Å². The first-order valence-electron chi connectivity index (χ1n) is 8.29. The minimum Gasteiger partial charge on any atom is -0.493 e. The SMILES string of the molecule is CCOc1ccc(C=NNC(=O)c2ccc(C(C)C)cc2)cc1OC. The summed E-state index contributed by atoms with van der Waals surface area (Å²) in [6, 6.07) is 13.0. The summed E-state index contributed by atoms with van der Waals surface area (Å²) in [7, 11) is 1.58. The first kappa shape index (κ1) is 18.5. The highest BCUT2D eigenvalue weighted by Crippen LogP contribution is 2.27. The Morgan fingerprint density at radius 3 is 2.48 bits per heavy atom. The highest BCUT2D eigenvalue weighted by atomic mass is 16.5. The molecule has 0 aliphatic carbocycles. The smallest absolute Gasteiger partial charge is 0.271 e. The molecule has 1 amide bonds. The predicted octanol–water partition coefficient (Wildman–Crippen LogP) is 3.98. The maximum absolute atomic E-state index is 12.1. The highest BCUT2D eigenvalue weighted by molar-refractivity contribution is 5.95. The highest BCUT2D eigenvalue weighted by Gasteiger charge is 2.06. The van der Waals surface area contributed by atoms with Crippen LogP contribution in [0.3, 0.4) is 0 Å². The Morgan fingerprint density at radius 2 is 1.88 bits per heavy atom. The van der Waals surface area contributed by atoms with Crippen LogP contribution in [-0.4, -0.2) is 25.8 Å². The zero-order chi connectivity index (χ0) is 18.2. The van der Waals surface area contributed by atoms with Gasteiger partial charge in [-0.1, -0.05) is 26.0 Å². The number of benzene rings is 2. The van der Waals surface area contributed by atoms with Crippen LogP contribution in [0.4, 0.5) is 0 Å². The second-order valence-corrected chi connectivity index (χ2v) is 5.82.